The number of benzene rings is 1. The number of aromatic nitrogens is 2. The Kier molecular flexibility index (Phi) is 3.29. The molecule has 1 aromatic carbocycles. The lowest BCUT2D eigenvalue weighted by Gasteiger charge is -2.23. The fourth-order valence-corrected chi connectivity index (χ4v) is 2.81. The SMILES string of the molecule is CC1CCN(C(=O)c2ccc3nccnc3c2)C1C(=O)O. The van der Waals surface area contributed by atoms with E-state index in [0.29, 0.717) is 29.6 Å². The fraction of sp³-hybridized carbons (Fsp3) is 0.333. The van der Waals surface area contributed by atoms with E-state index in [1.54, 1.807) is 30.6 Å². The van der Waals surface area contributed by atoms with Crippen molar-refractivity contribution in [1.29, 1.82) is 0 Å². The van der Waals surface area contributed by atoms with Gasteiger partial charge in [-0.25, -0.2) is 4.79 Å². The molecule has 2 unspecified atom stereocenters. The predicted octanol–water partition coefficient (Wildman–Crippen LogP) is 1.56. The zero-order valence-corrected chi connectivity index (χ0v) is 11.6. The average molecular weight is 285 g/mol. The lowest BCUT2D eigenvalue weighted by atomic mass is 10.0. The lowest BCUT2D eigenvalue weighted by molar-refractivity contribution is -0.142. The van der Waals surface area contributed by atoms with E-state index < -0.39 is 12.0 Å². The number of carboxylic acid groups (broad SMARTS) is 1. The van der Waals surface area contributed by atoms with Crippen molar-refractivity contribution < 1.29 is 14.7 Å². The van der Waals surface area contributed by atoms with E-state index in [-0.39, 0.29) is 11.8 Å². The summed E-state index contributed by atoms with van der Waals surface area (Å²) in [6, 6.07) is 4.30. The summed E-state index contributed by atoms with van der Waals surface area (Å²) in [5.74, 6) is -1.25. The van der Waals surface area contributed by atoms with Gasteiger partial charge < -0.3 is 10.0 Å². The van der Waals surface area contributed by atoms with Crippen LogP contribution in [-0.2, 0) is 4.79 Å². The van der Waals surface area contributed by atoms with Crippen molar-refractivity contribution in [2.24, 2.45) is 5.92 Å². The van der Waals surface area contributed by atoms with E-state index in [1.807, 2.05) is 6.92 Å². The number of nitrogens with zero attached hydrogens (tertiary/aromatic N) is 3. The highest BCUT2D eigenvalue weighted by Gasteiger charge is 2.39. The Morgan fingerprint density at radius 2 is 1.95 bits per heavy atom. The fourth-order valence-electron chi connectivity index (χ4n) is 2.81. The molecular weight excluding hydrogens is 270 g/mol. The number of amides is 1. The van der Waals surface area contributed by atoms with Gasteiger partial charge in [0.2, 0.25) is 0 Å². The van der Waals surface area contributed by atoms with Gasteiger partial charge in [-0.3, -0.25) is 14.8 Å². The maximum Gasteiger partial charge on any atom is 0.326 e. The molecule has 6 heteroatoms. The van der Waals surface area contributed by atoms with Crippen LogP contribution in [0.15, 0.2) is 30.6 Å². The summed E-state index contributed by atoms with van der Waals surface area (Å²) >= 11 is 0. The van der Waals surface area contributed by atoms with Crippen molar-refractivity contribution in [2.45, 2.75) is 19.4 Å². The van der Waals surface area contributed by atoms with E-state index in [4.69, 9.17) is 0 Å². The molecule has 3 rings (SSSR count). The van der Waals surface area contributed by atoms with E-state index in [0.717, 1.165) is 0 Å². The largest absolute Gasteiger partial charge is 0.480 e. The molecular formula is C15H15N3O3. The number of carbonyl (C=O) groups excluding carboxylic acids is 1. The standard InChI is InChI=1S/C15H15N3O3/c1-9-4-7-18(13(9)15(20)21)14(19)10-2-3-11-12(8-10)17-6-5-16-11/h2-3,5-6,8-9,13H,4,7H2,1H3,(H,20,21). The van der Waals surface area contributed by atoms with Crippen molar-refractivity contribution in [2.75, 3.05) is 6.54 Å². The number of hydrogen-bond acceptors (Lipinski definition) is 4. The maximum atomic E-state index is 12.6. The number of fused-ring (bicyclic) bond motifs is 1. The van der Waals surface area contributed by atoms with Crippen molar-refractivity contribution >= 4 is 22.9 Å². The van der Waals surface area contributed by atoms with Gasteiger partial charge in [0.05, 0.1) is 11.0 Å². The van der Waals surface area contributed by atoms with Crippen LogP contribution in [0.4, 0.5) is 0 Å². The van der Waals surface area contributed by atoms with Crippen molar-refractivity contribution in [1.82, 2.24) is 14.9 Å². The molecule has 0 spiro atoms. The molecule has 21 heavy (non-hydrogen) atoms. The molecule has 0 radical (unpaired) electrons. The molecule has 6 nitrogen and oxygen atoms in total. The Morgan fingerprint density at radius 3 is 2.67 bits per heavy atom. The third kappa shape index (κ3) is 2.33. The second kappa shape index (κ2) is 5.12. The molecule has 2 aromatic rings. The van der Waals surface area contributed by atoms with Crippen LogP contribution in [0.5, 0.6) is 0 Å². The molecule has 1 aliphatic heterocycles. The summed E-state index contributed by atoms with van der Waals surface area (Å²) in [7, 11) is 0. The van der Waals surface area contributed by atoms with Gasteiger partial charge in [0.15, 0.2) is 0 Å². The highest BCUT2D eigenvalue weighted by atomic mass is 16.4. The molecule has 1 N–H and O–H groups in total. The van der Waals surface area contributed by atoms with Crippen LogP contribution in [0.3, 0.4) is 0 Å². The summed E-state index contributed by atoms with van der Waals surface area (Å²) < 4.78 is 0. The number of carboxylic acids is 1. The maximum absolute atomic E-state index is 12.6. The van der Waals surface area contributed by atoms with Crippen LogP contribution in [0.25, 0.3) is 11.0 Å². The molecule has 2 atom stereocenters. The van der Waals surface area contributed by atoms with Gasteiger partial charge in [0.25, 0.3) is 5.91 Å². The number of likely N-dealkylation sites (tertiary alicyclic amines) is 1. The van der Waals surface area contributed by atoms with Gasteiger partial charge in [-0.05, 0) is 30.5 Å². The van der Waals surface area contributed by atoms with Crippen molar-refractivity contribution in [3.63, 3.8) is 0 Å². The van der Waals surface area contributed by atoms with Gasteiger partial charge in [-0.15, -0.1) is 0 Å². The second-order valence-corrected chi connectivity index (χ2v) is 5.31. The first-order valence-corrected chi connectivity index (χ1v) is 6.82. The van der Waals surface area contributed by atoms with Crippen LogP contribution in [-0.4, -0.2) is 44.4 Å². The predicted molar refractivity (Wildman–Crippen MR) is 75.8 cm³/mol. The summed E-state index contributed by atoms with van der Waals surface area (Å²) in [5.41, 5.74) is 1.78. The number of aliphatic carboxylic acids is 1. The van der Waals surface area contributed by atoms with Crippen LogP contribution in [0.1, 0.15) is 23.7 Å². The highest BCUT2D eigenvalue weighted by molar-refractivity contribution is 5.99. The minimum atomic E-state index is -0.950. The first kappa shape index (κ1) is 13.5. The van der Waals surface area contributed by atoms with Crippen molar-refractivity contribution in [3.8, 4) is 0 Å². The van der Waals surface area contributed by atoms with Crippen LogP contribution >= 0.6 is 0 Å². The number of carbonyl (C=O) groups is 2. The molecule has 108 valence electrons. The van der Waals surface area contributed by atoms with E-state index in [1.165, 1.54) is 4.90 Å². The molecule has 2 heterocycles. The van der Waals surface area contributed by atoms with Gasteiger partial charge in [0.1, 0.15) is 6.04 Å². The minimum Gasteiger partial charge on any atom is -0.480 e. The Balaban J connectivity index is 1.94. The van der Waals surface area contributed by atoms with E-state index >= 15 is 0 Å². The highest BCUT2D eigenvalue weighted by Crippen LogP contribution is 2.26. The summed E-state index contributed by atoms with van der Waals surface area (Å²) in [6.45, 7) is 2.33. The smallest absolute Gasteiger partial charge is 0.326 e. The molecule has 0 saturated carbocycles. The molecule has 1 amide bonds. The summed E-state index contributed by atoms with van der Waals surface area (Å²) in [4.78, 5) is 33.7. The topological polar surface area (TPSA) is 83.4 Å². The number of rotatable bonds is 2. The molecule has 1 fully saturated rings. The van der Waals surface area contributed by atoms with Gasteiger partial charge in [-0.1, -0.05) is 6.92 Å². The third-order valence-electron chi connectivity index (χ3n) is 3.93. The van der Waals surface area contributed by atoms with Crippen LogP contribution in [0, 0.1) is 5.92 Å². The first-order chi connectivity index (χ1) is 10.1. The Labute approximate surface area is 121 Å². The van der Waals surface area contributed by atoms with Gasteiger partial charge in [-0.2, -0.15) is 0 Å². The quantitative estimate of drug-likeness (QED) is 0.905. The summed E-state index contributed by atoms with van der Waals surface area (Å²) in [5, 5.41) is 9.31. The zero-order valence-electron chi connectivity index (χ0n) is 11.6. The lowest BCUT2D eigenvalue weighted by Crippen LogP contribution is -2.42. The van der Waals surface area contributed by atoms with Gasteiger partial charge in [0, 0.05) is 24.5 Å². The Bertz CT molecular complexity index is 716. The molecule has 1 saturated heterocycles. The Hall–Kier alpha value is -2.50. The van der Waals surface area contributed by atoms with Crippen LogP contribution in [0.2, 0.25) is 0 Å². The summed E-state index contributed by atoms with van der Waals surface area (Å²) in [6.07, 6.45) is 3.86. The molecule has 0 bridgehead atoms. The monoisotopic (exact) mass is 285 g/mol. The van der Waals surface area contributed by atoms with Crippen LogP contribution < -0.4 is 0 Å². The first-order valence-electron chi connectivity index (χ1n) is 6.82. The van der Waals surface area contributed by atoms with E-state index in [2.05, 4.69) is 9.97 Å². The second-order valence-electron chi connectivity index (χ2n) is 5.31. The molecule has 1 aromatic heterocycles. The normalized spacial score (nSPS) is 21.7. The Morgan fingerprint density at radius 1 is 1.24 bits per heavy atom. The zero-order chi connectivity index (χ0) is 15.0. The molecule has 0 aliphatic carbocycles. The number of hydrogen-bond donors (Lipinski definition) is 1. The third-order valence-corrected chi connectivity index (χ3v) is 3.93. The average Bonchev–Trinajstić information content (AvgIpc) is 2.88. The molecule has 1 aliphatic rings. The van der Waals surface area contributed by atoms with Gasteiger partial charge >= 0.3 is 5.97 Å². The van der Waals surface area contributed by atoms with E-state index in [9.17, 15) is 14.7 Å². The van der Waals surface area contributed by atoms with Crippen molar-refractivity contribution in [3.05, 3.63) is 36.2 Å². The minimum absolute atomic E-state index is 0.0355.